The van der Waals surface area contributed by atoms with Crippen molar-refractivity contribution in [3.8, 4) is 0 Å². The number of halogens is 1. The monoisotopic (exact) mass is 431 g/mol. The van der Waals surface area contributed by atoms with Gasteiger partial charge in [0.2, 0.25) is 10.0 Å². The lowest BCUT2D eigenvalue weighted by Gasteiger charge is -2.33. The van der Waals surface area contributed by atoms with Gasteiger partial charge in [0, 0.05) is 53.4 Å². The number of aromatic amines is 1. The molecule has 0 saturated carbocycles. The van der Waals surface area contributed by atoms with Crippen LogP contribution in [0, 0.1) is 6.92 Å². The molecule has 8 heteroatoms. The van der Waals surface area contributed by atoms with Crippen molar-refractivity contribution in [2.24, 2.45) is 0 Å². The molecule has 1 aliphatic rings. The molecule has 0 atom stereocenters. The van der Waals surface area contributed by atoms with Crippen LogP contribution in [0.5, 0.6) is 0 Å². The summed E-state index contributed by atoms with van der Waals surface area (Å²) in [4.78, 5) is 18.4. The fraction of sp³-hybridized carbons (Fsp3) is 0.286. The number of Topliss-reactive ketones (excluding diaryl/α,β-unsaturated/α-hetero) is 1. The third-order valence-electron chi connectivity index (χ3n) is 5.30. The SMILES string of the molecule is Cc1[nH]c2ccccc2c1C(=O)CN1CCN(S(=O)(=O)c2cccc(Cl)c2)CC1. The van der Waals surface area contributed by atoms with E-state index < -0.39 is 10.0 Å². The van der Waals surface area contributed by atoms with Crippen molar-refractivity contribution in [2.45, 2.75) is 11.8 Å². The molecular formula is C21H22ClN3O3S. The maximum absolute atomic E-state index is 12.9. The first kappa shape index (κ1) is 20.1. The number of carbonyl (C=O) groups is 1. The van der Waals surface area contributed by atoms with E-state index in [4.69, 9.17) is 11.6 Å². The van der Waals surface area contributed by atoms with Crippen LogP contribution < -0.4 is 0 Å². The number of carbonyl (C=O) groups excluding carboxylic acids is 1. The van der Waals surface area contributed by atoms with Crippen LogP contribution in [-0.2, 0) is 10.0 Å². The molecule has 1 aliphatic heterocycles. The molecule has 6 nitrogen and oxygen atoms in total. The van der Waals surface area contributed by atoms with E-state index in [-0.39, 0.29) is 17.2 Å². The summed E-state index contributed by atoms with van der Waals surface area (Å²) < 4.78 is 27.1. The average molecular weight is 432 g/mol. The Balaban J connectivity index is 1.43. The van der Waals surface area contributed by atoms with Gasteiger partial charge in [-0.1, -0.05) is 35.9 Å². The second-order valence-corrected chi connectivity index (χ2v) is 9.61. The first-order valence-electron chi connectivity index (χ1n) is 9.45. The number of hydrogen-bond acceptors (Lipinski definition) is 4. The van der Waals surface area contributed by atoms with Gasteiger partial charge in [-0.25, -0.2) is 8.42 Å². The number of nitrogens with one attached hydrogen (secondary N) is 1. The first-order chi connectivity index (χ1) is 13.9. The largest absolute Gasteiger partial charge is 0.358 e. The lowest BCUT2D eigenvalue weighted by molar-refractivity contribution is 0.0903. The number of sulfonamides is 1. The molecule has 29 heavy (non-hydrogen) atoms. The number of fused-ring (bicyclic) bond motifs is 1. The third-order valence-corrected chi connectivity index (χ3v) is 7.43. The van der Waals surface area contributed by atoms with Crippen LogP contribution in [0.25, 0.3) is 10.9 Å². The van der Waals surface area contributed by atoms with Crippen LogP contribution in [0.2, 0.25) is 5.02 Å². The minimum Gasteiger partial charge on any atom is -0.358 e. The Bertz CT molecular complexity index is 1160. The van der Waals surface area contributed by atoms with Gasteiger partial charge in [0.15, 0.2) is 5.78 Å². The Morgan fingerprint density at radius 2 is 1.79 bits per heavy atom. The Morgan fingerprint density at radius 3 is 2.52 bits per heavy atom. The number of aryl methyl sites for hydroxylation is 1. The molecule has 2 aromatic carbocycles. The van der Waals surface area contributed by atoms with Gasteiger partial charge in [-0.3, -0.25) is 9.69 Å². The number of ketones is 1. The molecule has 152 valence electrons. The Hall–Kier alpha value is -2.19. The number of rotatable bonds is 5. The van der Waals surface area contributed by atoms with Crippen molar-refractivity contribution >= 4 is 38.3 Å². The molecule has 1 aromatic heterocycles. The number of aromatic nitrogens is 1. The Labute approximate surface area is 175 Å². The molecule has 2 heterocycles. The maximum Gasteiger partial charge on any atom is 0.243 e. The topological polar surface area (TPSA) is 73.5 Å². The number of nitrogens with zero attached hydrogens (tertiary/aromatic N) is 2. The molecule has 1 saturated heterocycles. The highest BCUT2D eigenvalue weighted by atomic mass is 35.5. The summed E-state index contributed by atoms with van der Waals surface area (Å²) in [6, 6.07) is 14.1. The van der Waals surface area contributed by atoms with Crippen LogP contribution in [0.3, 0.4) is 0 Å². The number of hydrogen-bond donors (Lipinski definition) is 1. The molecule has 3 aromatic rings. The van der Waals surface area contributed by atoms with E-state index in [0.29, 0.717) is 31.2 Å². The highest BCUT2D eigenvalue weighted by Crippen LogP contribution is 2.24. The fourth-order valence-electron chi connectivity index (χ4n) is 3.82. The highest BCUT2D eigenvalue weighted by molar-refractivity contribution is 7.89. The zero-order valence-corrected chi connectivity index (χ0v) is 17.6. The number of benzene rings is 2. The molecule has 1 N–H and O–H groups in total. The first-order valence-corrected chi connectivity index (χ1v) is 11.3. The molecule has 0 radical (unpaired) electrons. The van der Waals surface area contributed by atoms with Gasteiger partial charge in [0.05, 0.1) is 11.4 Å². The Morgan fingerprint density at radius 1 is 1.07 bits per heavy atom. The van der Waals surface area contributed by atoms with Crippen LogP contribution in [-0.4, -0.2) is 61.1 Å². The zero-order chi connectivity index (χ0) is 20.6. The van der Waals surface area contributed by atoms with Crippen LogP contribution in [0.15, 0.2) is 53.4 Å². The highest BCUT2D eigenvalue weighted by Gasteiger charge is 2.29. The summed E-state index contributed by atoms with van der Waals surface area (Å²) in [5, 5.41) is 1.32. The smallest absolute Gasteiger partial charge is 0.243 e. The summed E-state index contributed by atoms with van der Waals surface area (Å²) in [7, 11) is -3.58. The minimum atomic E-state index is -3.58. The molecule has 4 rings (SSSR count). The molecule has 1 fully saturated rings. The van der Waals surface area contributed by atoms with Crippen molar-refractivity contribution in [3.05, 3.63) is 64.8 Å². The van der Waals surface area contributed by atoms with Gasteiger partial charge in [-0.05, 0) is 31.2 Å². The van der Waals surface area contributed by atoms with Crippen molar-refractivity contribution in [3.63, 3.8) is 0 Å². The van der Waals surface area contributed by atoms with E-state index in [9.17, 15) is 13.2 Å². The number of H-pyrrole nitrogens is 1. The predicted molar refractivity (Wildman–Crippen MR) is 114 cm³/mol. The number of para-hydroxylation sites is 1. The number of piperazine rings is 1. The van der Waals surface area contributed by atoms with Gasteiger partial charge in [0.1, 0.15) is 0 Å². The molecule has 0 bridgehead atoms. The van der Waals surface area contributed by atoms with Crippen molar-refractivity contribution in [1.29, 1.82) is 0 Å². The van der Waals surface area contributed by atoms with E-state index in [1.54, 1.807) is 18.2 Å². The Kier molecular flexibility index (Phi) is 5.48. The van der Waals surface area contributed by atoms with Crippen molar-refractivity contribution in [1.82, 2.24) is 14.2 Å². The van der Waals surface area contributed by atoms with Gasteiger partial charge >= 0.3 is 0 Å². The lowest BCUT2D eigenvalue weighted by atomic mass is 10.1. The fourth-order valence-corrected chi connectivity index (χ4v) is 5.55. The summed E-state index contributed by atoms with van der Waals surface area (Å²) in [5.41, 5.74) is 2.53. The molecular weight excluding hydrogens is 410 g/mol. The van der Waals surface area contributed by atoms with Crippen LogP contribution in [0.1, 0.15) is 16.1 Å². The minimum absolute atomic E-state index is 0.0473. The van der Waals surface area contributed by atoms with Crippen molar-refractivity contribution < 1.29 is 13.2 Å². The van der Waals surface area contributed by atoms with E-state index in [2.05, 4.69) is 4.98 Å². The van der Waals surface area contributed by atoms with Gasteiger partial charge < -0.3 is 4.98 Å². The van der Waals surface area contributed by atoms with Gasteiger partial charge in [-0.2, -0.15) is 4.31 Å². The normalized spacial score (nSPS) is 16.3. The summed E-state index contributed by atoms with van der Waals surface area (Å²) in [6.45, 7) is 3.88. The van der Waals surface area contributed by atoms with E-state index in [1.807, 2.05) is 36.1 Å². The van der Waals surface area contributed by atoms with Gasteiger partial charge in [0.25, 0.3) is 0 Å². The van der Waals surface area contributed by atoms with Crippen molar-refractivity contribution in [2.75, 3.05) is 32.7 Å². The predicted octanol–water partition coefficient (Wildman–Crippen LogP) is 3.32. The summed E-state index contributed by atoms with van der Waals surface area (Å²) in [6.07, 6.45) is 0. The average Bonchev–Trinajstić information content (AvgIpc) is 3.04. The molecule has 0 spiro atoms. The maximum atomic E-state index is 12.9. The zero-order valence-electron chi connectivity index (χ0n) is 16.1. The van der Waals surface area contributed by atoms with Crippen LogP contribution >= 0.6 is 11.6 Å². The van der Waals surface area contributed by atoms with Crippen LogP contribution in [0.4, 0.5) is 0 Å². The summed E-state index contributed by atoms with van der Waals surface area (Å²) >= 11 is 5.94. The molecule has 0 unspecified atom stereocenters. The second-order valence-electron chi connectivity index (χ2n) is 7.23. The summed E-state index contributed by atoms with van der Waals surface area (Å²) in [5.74, 6) is 0.0473. The second kappa shape index (κ2) is 7.91. The van der Waals surface area contributed by atoms with Gasteiger partial charge in [-0.15, -0.1) is 0 Å². The molecule has 0 amide bonds. The molecule has 0 aliphatic carbocycles. The van der Waals surface area contributed by atoms with E-state index in [0.717, 1.165) is 22.2 Å². The lowest BCUT2D eigenvalue weighted by Crippen LogP contribution is -2.49. The van der Waals surface area contributed by atoms with E-state index in [1.165, 1.54) is 10.4 Å². The van der Waals surface area contributed by atoms with E-state index >= 15 is 0 Å². The quantitative estimate of drug-likeness (QED) is 0.629. The standard InChI is InChI=1S/C21H22ClN3O3S/c1-15-21(18-7-2-3-8-19(18)23-15)20(26)14-24-9-11-25(12-10-24)29(27,28)17-6-4-5-16(22)13-17/h2-8,13,23H,9-12,14H2,1H3. The third kappa shape index (κ3) is 3.96.